The number of halogens is 1. The SMILES string of the molecule is CCN(Cc1ncccc1N)c1cccc(F)c1. The highest BCUT2D eigenvalue weighted by atomic mass is 19.1. The van der Waals surface area contributed by atoms with E-state index < -0.39 is 0 Å². The molecule has 2 aromatic rings. The molecular weight excluding hydrogens is 229 g/mol. The van der Waals surface area contributed by atoms with E-state index in [1.165, 1.54) is 12.1 Å². The normalized spacial score (nSPS) is 10.3. The molecule has 2 rings (SSSR count). The van der Waals surface area contributed by atoms with Crippen molar-refractivity contribution in [2.75, 3.05) is 17.2 Å². The fraction of sp³-hybridized carbons (Fsp3) is 0.214. The molecule has 0 unspecified atom stereocenters. The molecule has 0 bridgehead atoms. The van der Waals surface area contributed by atoms with Gasteiger partial charge in [0.05, 0.1) is 17.9 Å². The minimum atomic E-state index is -0.236. The highest BCUT2D eigenvalue weighted by Gasteiger charge is 2.08. The van der Waals surface area contributed by atoms with Gasteiger partial charge in [0.25, 0.3) is 0 Å². The van der Waals surface area contributed by atoms with Crippen molar-refractivity contribution >= 4 is 11.4 Å². The van der Waals surface area contributed by atoms with Crippen LogP contribution in [0.2, 0.25) is 0 Å². The van der Waals surface area contributed by atoms with E-state index >= 15 is 0 Å². The van der Waals surface area contributed by atoms with Crippen LogP contribution in [0.3, 0.4) is 0 Å². The van der Waals surface area contributed by atoms with Gasteiger partial charge in [-0.1, -0.05) is 6.07 Å². The topological polar surface area (TPSA) is 42.2 Å². The smallest absolute Gasteiger partial charge is 0.125 e. The summed E-state index contributed by atoms with van der Waals surface area (Å²) in [6.45, 7) is 3.36. The lowest BCUT2D eigenvalue weighted by Crippen LogP contribution is -2.23. The fourth-order valence-electron chi connectivity index (χ4n) is 1.82. The summed E-state index contributed by atoms with van der Waals surface area (Å²) in [7, 11) is 0. The summed E-state index contributed by atoms with van der Waals surface area (Å²) in [5.41, 5.74) is 8.17. The first-order valence-corrected chi connectivity index (χ1v) is 5.90. The Labute approximate surface area is 106 Å². The van der Waals surface area contributed by atoms with Crippen molar-refractivity contribution in [3.05, 3.63) is 54.1 Å². The van der Waals surface area contributed by atoms with E-state index in [1.807, 2.05) is 24.0 Å². The predicted octanol–water partition coefficient (Wildman–Crippen LogP) is 2.83. The van der Waals surface area contributed by atoms with Crippen LogP contribution in [0.4, 0.5) is 15.8 Å². The molecule has 94 valence electrons. The minimum Gasteiger partial charge on any atom is -0.397 e. The molecule has 1 aromatic carbocycles. The number of hydrogen-bond donors (Lipinski definition) is 1. The van der Waals surface area contributed by atoms with Gasteiger partial charge in [-0.3, -0.25) is 4.98 Å². The molecule has 0 spiro atoms. The van der Waals surface area contributed by atoms with E-state index in [0.29, 0.717) is 12.2 Å². The zero-order chi connectivity index (χ0) is 13.0. The van der Waals surface area contributed by atoms with Crippen LogP contribution in [0.5, 0.6) is 0 Å². The fourth-order valence-corrected chi connectivity index (χ4v) is 1.82. The highest BCUT2D eigenvalue weighted by molar-refractivity contribution is 5.49. The van der Waals surface area contributed by atoms with Crippen molar-refractivity contribution < 1.29 is 4.39 Å². The van der Waals surface area contributed by atoms with Gasteiger partial charge in [-0.25, -0.2) is 4.39 Å². The zero-order valence-corrected chi connectivity index (χ0v) is 10.3. The molecule has 1 aromatic heterocycles. The van der Waals surface area contributed by atoms with Crippen LogP contribution in [0.15, 0.2) is 42.6 Å². The van der Waals surface area contributed by atoms with Gasteiger partial charge in [0, 0.05) is 18.4 Å². The van der Waals surface area contributed by atoms with Crippen molar-refractivity contribution in [2.45, 2.75) is 13.5 Å². The summed E-state index contributed by atoms with van der Waals surface area (Å²) in [6.07, 6.45) is 1.71. The molecule has 2 N–H and O–H groups in total. The van der Waals surface area contributed by atoms with Crippen molar-refractivity contribution in [2.24, 2.45) is 0 Å². The average molecular weight is 245 g/mol. The largest absolute Gasteiger partial charge is 0.397 e. The molecule has 4 heteroatoms. The predicted molar refractivity (Wildman–Crippen MR) is 71.8 cm³/mol. The molecule has 0 saturated heterocycles. The number of rotatable bonds is 4. The number of nitrogens with two attached hydrogens (primary N) is 1. The Morgan fingerprint density at radius 2 is 2.11 bits per heavy atom. The number of nitrogens with zero attached hydrogens (tertiary/aromatic N) is 2. The molecular formula is C14H16FN3. The monoisotopic (exact) mass is 245 g/mol. The van der Waals surface area contributed by atoms with Crippen LogP contribution in [0, 0.1) is 5.82 Å². The van der Waals surface area contributed by atoms with Gasteiger partial charge < -0.3 is 10.6 Å². The van der Waals surface area contributed by atoms with E-state index in [-0.39, 0.29) is 5.82 Å². The standard InChI is InChI=1S/C14H16FN3/c1-2-18(12-6-3-5-11(15)9-12)10-14-13(16)7-4-8-17-14/h3-9H,2,10,16H2,1H3. The number of benzene rings is 1. The number of aromatic nitrogens is 1. The molecule has 0 aliphatic carbocycles. The third-order valence-electron chi connectivity index (χ3n) is 2.82. The van der Waals surface area contributed by atoms with Gasteiger partial charge in [0.2, 0.25) is 0 Å². The van der Waals surface area contributed by atoms with Crippen LogP contribution < -0.4 is 10.6 Å². The molecule has 0 aliphatic heterocycles. The van der Waals surface area contributed by atoms with Crippen molar-refractivity contribution in [3.63, 3.8) is 0 Å². The van der Waals surface area contributed by atoms with Gasteiger partial charge in [-0.05, 0) is 37.3 Å². The third-order valence-corrected chi connectivity index (χ3v) is 2.82. The van der Waals surface area contributed by atoms with Crippen molar-refractivity contribution in [1.82, 2.24) is 4.98 Å². The van der Waals surface area contributed by atoms with E-state index in [1.54, 1.807) is 18.3 Å². The third kappa shape index (κ3) is 2.77. The lowest BCUT2D eigenvalue weighted by Gasteiger charge is -2.23. The highest BCUT2D eigenvalue weighted by Crippen LogP contribution is 2.19. The van der Waals surface area contributed by atoms with Crippen LogP contribution in [-0.4, -0.2) is 11.5 Å². The van der Waals surface area contributed by atoms with Gasteiger partial charge in [0.1, 0.15) is 5.82 Å². The average Bonchev–Trinajstić information content (AvgIpc) is 2.38. The maximum absolute atomic E-state index is 13.2. The van der Waals surface area contributed by atoms with E-state index in [0.717, 1.165) is 17.9 Å². The van der Waals surface area contributed by atoms with Crippen LogP contribution in [0.25, 0.3) is 0 Å². The molecule has 0 radical (unpaired) electrons. The molecule has 0 amide bonds. The molecule has 3 nitrogen and oxygen atoms in total. The Bertz CT molecular complexity index is 528. The Hall–Kier alpha value is -2.10. The molecule has 0 atom stereocenters. The quantitative estimate of drug-likeness (QED) is 0.900. The summed E-state index contributed by atoms with van der Waals surface area (Å²) >= 11 is 0. The van der Waals surface area contributed by atoms with Crippen LogP contribution >= 0.6 is 0 Å². The van der Waals surface area contributed by atoms with Gasteiger partial charge in [-0.15, -0.1) is 0 Å². The van der Waals surface area contributed by atoms with E-state index in [2.05, 4.69) is 4.98 Å². The number of anilines is 2. The second-order valence-electron chi connectivity index (χ2n) is 4.03. The summed E-state index contributed by atoms with van der Waals surface area (Å²) in [5, 5.41) is 0. The van der Waals surface area contributed by atoms with Gasteiger partial charge in [-0.2, -0.15) is 0 Å². The Morgan fingerprint density at radius 1 is 1.28 bits per heavy atom. The van der Waals surface area contributed by atoms with Crippen molar-refractivity contribution in [3.8, 4) is 0 Å². The Kier molecular flexibility index (Phi) is 3.77. The summed E-state index contributed by atoms with van der Waals surface area (Å²) < 4.78 is 13.2. The van der Waals surface area contributed by atoms with E-state index in [9.17, 15) is 4.39 Å². The number of pyridine rings is 1. The number of nitrogen functional groups attached to an aromatic ring is 1. The van der Waals surface area contributed by atoms with E-state index in [4.69, 9.17) is 5.73 Å². The first kappa shape index (κ1) is 12.4. The maximum atomic E-state index is 13.2. The second-order valence-corrected chi connectivity index (χ2v) is 4.03. The second kappa shape index (κ2) is 5.49. The molecule has 0 aliphatic rings. The number of hydrogen-bond acceptors (Lipinski definition) is 3. The minimum absolute atomic E-state index is 0.236. The molecule has 0 saturated carbocycles. The Balaban J connectivity index is 2.23. The van der Waals surface area contributed by atoms with Crippen LogP contribution in [-0.2, 0) is 6.54 Å². The molecule has 1 heterocycles. The van der Waals surface area contributed by atoms with Gasteiger partial charge in [0.15, 0.2) is 0 Å². The molecule has 18 heavy (non-hydrogen) atoms. The van der Waals surface area contributed by atoms with Crippen molar-refractivity contribution in [1.29, 1.82) is 0 Å². The maximum Gasteiger partial charge on any atom is 0.125 e. The van der Waals surface area contributed by atoms with Gasteiger partial charge >= 0.3 is 0 Å². The lowest BCUT2D eigenvalue weighted by molar-refractivity contribution is 0.626. The summed E-state index contributed by atoms with van der Waals surface area (Å²) in [6, 6.07) is 10.2. The van der Waals surface area contributed by atoms with Crippen LogP contribution in [0.1, 0.15) is 12.6 Å². The molecule has 0 fully saturated rings. The summed E-state index contributed by atoms with van der Waals surface area (Å²) in [4.78, 5) is 6.28. The zero-order valence-electron chi connectivity index (χ0n) is 10.3. The summed E-state index contributed by atoms with van der Waals surface area (Å²) in [5.74, 6) is -0.236. The first-order chi connectivity index (χ1) is 8.70. The Morgan fingerprint density at radius 3 is 2.78 bits per heavy atom. The lowest BCUT2D eigenvalue weighted by atomic mass is 10.2. The first-order valence-electron chi connectivity index (χ1n) is 5.90.